The van der Waals surface area contributed by atoms with Crippen molar-refractivity contribution in [3.63, 3.8) is 0 Å². The second-order valence-corrected chi connectivity index (χ2v) is 5.76. The molecule has 0 aliphatic rings. The lowest BCUT2D eigenvalue weighted by Gasteiger charge is -2.18. The van der Waals surface area contributed by atoms with E-state index in [0.29, 0.717) is 12.1 Å². The van der Waals surface area contributed by atoms with E-state index in [9.17, 15) is 9.18 Å². The molecule has 3 aromatic rings. The largest absolute Gasteiger partial charge is 0.478 e. The van der Waals surface area contributed by atoms with Crippen LogP contribution in [0.3, 0.4) is 0 Å². The van der Waals surface area contributed by atoms with Crippen LogP contribution in [-0.4, -0.2) is 17.0 Å². The standard InChI is InChI=1S/C20H19FN2O2/c1-3-17(25-18-10-5-4-8-15(18)21)20(24)23-16-9-6-7-14-12-11-13(2)22-19(14)16/h4-12,17H,3H2,1-2H3,(H,23,24)/t17-/m1/s1. The molecule has 0 bridgehead atoms. The Morgan fingerprint density at radius 3 is 2.72 bits per heavy atom. The van der Waals surface area contributed by atoms with E-state index in [2.05, 4.69) is 10.3 Å². The number of nitrogens with zero attached hydrogens (tertiary/aromatic N) is 1. The number of hydrogen-bond donors (Lipinski definition) is 1. The van der Waals surface area contributed by atoms with Crippen LogP contribution in [0.4, 0.5) is 10.1 Å². The van der Waals surface area contributed by atoms with Gasteiger partial charge in [0, 0.05) is 11.1 Å². The summed E-state index contributed by atoms with van der Waals surface area (Å²) in [4.78, 5) is 17.1. The molecule has 3 rings (SSSR count). The van der Waals surface area contributed by atoms with Crippen LogP contribution < -0.4 is 10.1 Å². The lowest BCUT2D eigenvalue weighted by molar-refractivity contribution is -0.122. The van der Waals surface area contributed by atoms with Gasteiger partial charge < -0.3 is 10.1 Å². The third-order valence-electron chi connectivity index (χ3n) is 3.89. The number of benzene rings is 2. The molecule has 5 heteroatoms. The van der Waals surface area contributed by atoms with Gasteiger partial charge in [0.2, 0.25) is 0 Å². The lowest BCUT2D eigenvalue weighted by Crippen LogP contribution is -2.32. The average Bonchev–Trinajstić information content (AvgIpc) is 2.61. The third-order valence-corrected chi connectivity index (χ3v) is 3.89. The number of amides is 1. The molecule has 4 nitrogen and oxygen atoms in total. The first-order chi connectivity index (χ1) is 12.1. The molecule has 0 fully saturated rings. The van der Waals surface area contributed by atoms with E-state index >= 15 is 0 Å². The molecular weight excluding hydrogens is 319 g/mol. The normalized spacial score (nSPS) is 12.0. The van der Waals surface area contributed by atoms with Crippen LogP contribution >= 0.6 is 0 Å². The quantitative estimate of drug-likeness (QED) is 0.746. The number of rotatable bonds is 5. The molecule has 0 unspecified atom stereocenters. The smallest absolute Gasteiger partial charge is 0.265 e. The van der Waals surface area contributed by atoms with Gasteiger partial charge in [0.25, 0.3) is 5.91 Å². The van der Waals surface area contributed by atoms with Crippen molar-refractivity contribution in [1.29, 1.82) is 0 Å². The minimum absolute atomic E-state index is 0.0661. The van der Waals surface area contributed by atoms with Crippen molar-refractivity contribution >= 4 is 22.5 Å². The van der Waals surface area contributed by atoms with Crippen molar-refractivity contribution < 1.29 is 13.9 Å². The van der Waals surface area contributed by atoms with Gasteiger partial charge in [0.1, 0.15) is 0 Å². The van der Waals surface area contributed by atoms with Crippen molar-refractivity contribution in [3.05, 3.63) is 66.1 Å². The fourth-order valence-corrected chi connectivity index (χ4v) is 2.57. The Balaban J connectivity index is 1.83. The summed E-state index contributed by atoms with van der Waals surface area (Å²) in [6, 6.07) is 15.5. The molecule has 128 valence electrons. The van der Waals surface area contributed by atoms with Gasteiger partial charge in [0.15, 0.2) is 17.7 Å². The Morgan fingerprint density at radius 2 is 1.96 bits per heavy atom. The molecule has 1 atom stereocenters. The van der Waals surface area contributed by atoms with Crippen molar-refractivity contribution in [1.82, 2.24) is 4.98 Å². The maximum Gasteiger partial charge on any atom is 0.265 e. The van der Waals surface area contributed by atoms with Gasteiger partial charge in [-0.2, -0.15) is 0 Å². The van der Waals surface area contributed by atoms with Crippen molar-refractivity contribution in [2.24, 2.45) is 0 Å². The van der Waals surface area contributed by atoms with Crippen LogP contribution in [0.5, 0.6) is 5.75 Å². The van der Waals surface area contributed by atoms with E-state index in [1.165, 1.54) is 12.1 Å². The summed E-state index contributed by atoms with van der Waals surface area (Å²) in [6.07, 6.45) is -0.380. The molecule has 0 spiro atoms. The molecule has 2 aromatic carbocycles. The average molecular weight is 338 g/mol. The molecular formula is C20H19FN2O2. The minimum atomic E-state index is -0.794. The van der Waals surface area contributed by atoms with E-state index < -0.39 is 11.9 Å². The number of carbonyl (C=O) groups excluding carboxylic acids is 1. The predicted octanol–water partition coefficient (Wildman–Crippen LogP) is 4.48. The SMILES string of the molecule is CC[C@@H](Oc1ccccc1F)C(=O)Nc1cccc2ccc(C)nc12. The molecule has 1 heterocycles. The van der Waals surface area contributed by atoms with Gasteiger partial charge >= 0.3 is 0 Å². The Bertz CT molecular complexity index is 911. The van der Waals surface area contributed by atoms with Crippen LogP contribution in [-0.2, 0) is 4.79 Å². The zero-order valence-electron chi connectivity index (χ0n) is 14.1. The van der Waals surface area contributed by atoms with Crippen LogP contribution in [0.1, 0.15) is 19.0 Å². The summed E-state index contributed by atoms with van der Waals surface area (Å²) in [5.74, 6) is -0.755. The fourth-order valence-electron chi connectivity index (χ4n) is 2.57. The van der Waals surface area contributed by atoms with Gasteiger partial charge in [-0.05, 0) is 37.6 Å². The highest BCUT2D eigenvalue weighted by molar-refractivity contribution is 6.02. The van der Waals surface area contributed by atoms with E-state index in [4.69, 9.17) is 4.74 Å². The number of carbonyl (C=O) groups is 1. The molecule has 25 heavy (non-hydrogen) atoms. The van der Waals surface area contributed by atoms with Crippen molar-refractivity contribution in [2.45, 2.75) is 26.4 Å². The number of anilines is 1. The molecule has 0 aliphatic carbocycles. The van der Waals surface area contributed by atoms with Gasteiger partial charge in [-0.15, -0.1) is 0 Å². The number of fused-ring (bicyclic) bond motifs is 1. The van der Waals surface area contributed by atoms with Gasteiger partial charge in [0.05, 0.1) is 11.2 Å². The Kier molecular flexibility index (Phi) is 4.93. The van der Waals surface area contributed by atoms with Crippen LogP contribution in [0.15, 0.2) is 54.6 Å². The summed E-state index contributed by atoms with van der Waals surface area (Å²) >= 11 is 0. The van der Waals surface area contributed by atoms with E-state index in [1.54, 1.807) is 18.2 Å². The first-order valence-corrected chi connectivity index (χ1v) is 8.17. The van der Waals surface area contributed by atoms with Gasteiger partial charge in [-0.3, -0.25) is 9.78 Å². The summed E-state index contributed by atoms with van der Waals surface area (Å²) in [7, 11) is 0. The maximum absolute atomic E-state index is 13.8. The molecule has 0 aliphatic heterocycles. The number of para-hydroxylation sites is 2. The highest BCUT2D eigenvalue weighted by Crippen LogP contribution is 2.23. The lowest BCUT2D eigenvalue weighted by atomic mass is 10.1. The topological polar surface area (TPSA) is 51.2 Å². The Labute approximate surface area is 145 Å². The van der Waals surface area contributed by atoms with E-state index in [1.807, 2.05) is 38.1 Å². The van der Waals surface area contributed by atoms with Gasteiger partial charge in [-0.25, -0.2) is 4.39 Å². The highest BCUT2D eigenvalue weighted by Gasteiger charge is 2.20. The maximum atomic E-state index is 13.8. The van der Waals surface area contributed by atoms with Crippen LogP contribution in [0.25, 0.3) is 10.9 Å². The molecule has 0 radical (unpaired) electrons. The Hall–Kier alpha value is -2.95. The number of aromatic nitrogens is 1. The van der Waals surface area contributed by atoms with E-state index in [-0.39, 0.29) is 11.7 Å². The predicted molar refractivity (Wildman–Crippen MR) is 96.2 cm³/mol. The first kappa shape index (κ1) is 16.9. The third kappa shape index (κ3) is 3.76. The number of nitrogens with one attached hydrogen (secondary N) is 1. The zero-order valence-corrected chi connectivity index (χ0v) is 14.1. The summed E-state index contributed by atoms with van der Waals surface area (Å²) < 4.78 is 19.3. The molecule has 0 saturated heterocycles. The monoisotopic (exact) mass is 338 g/mol. The Morgan fingerprint density at radius 1 is 1.16 bits per heavy atom. The second kappa shape index (κ2) is 7.30. The molecule has 1 aromatic heterocycles. The minimum Gasteiger partial charge on any atom is -0.478 e. The number of ether oxygens (including phenoxy) is 1. The summed E-state index contributed by atoms with van der Waals surface area (Å²) in [5, 5.41) is 3.79. The number of hydrogen-bond acceptors (Lipinski definition) is 3. The first-order valence-electron chi connectivity index (χ1n) is 8.17. The van der Waals surface area contributed by atoms with Crippen LogP contribution in [0, 0.1) is 12.7 Å². The highest BCUT2D eigenvalue weighted by atomic mass is 19.1. The molecule has 0 saturated carbocycles. The van der Waals surface area contributed by atoms with Crippen molar-refractivity contribution in [3.8, 4) is 5.75 Å². The zero-order chi connectivity index (χ0) is 17.8. The van der Waals surface area contributed by atoms with Gasteiger partial charge in [-0.1, -0.05) is 37.3 Å². The fraction of sp³-hybridized carbons (Fsp3) is 0.200. The van der Waals surface area contributed by atoms with E-state index in [0.717, 1.165) is 16.6 Å². The second-order valence-electron chi connectivity index (χ2n) is 5.76. The van der Waals surface area contributed by atoms with Crippen LogP contribution in [0.2, 0.25) is 0 Å². The number of pyridine rings is 1. The molecule has 1 amide bonds. The summed E-state index contributed by atoms with van der Waals surface area (Å²) in [6.45, 7) is 3.71. The number of halogens is 1. The summed E-state index contributed by atoms with van der Waals surface area (Å²) in [5.41, 5.74) is 2.20. The molecule has 1 N–H and O–H groups in total. The van der Waals surface area contributed by atoms with Crippen molar-refractivity contribution in [2.75, 3.05) is 5.32 Å². The number of aryl methyl sites for hydroxylation is 1.